The fraction of sp³-hybridized carbons (Fsp3) is 0.320. The van der Waals surface area contributed by atoms with Gasteiger partial charge in [-0.05, 0) is 30.7 Å². The average molecular weight is 580 g/mol. The lowest BCUT2D eigenvalue weighted by atomic mass is 10.1. The van der Waals surface area contributed by atoms with Gasteiger partial charge < -0.3 is 24.8 Å². The van der Waals surface area contributed by atoms with E-state index < -0.39 is 56.4 Å². The molecule has 0 spiro atoms. The van der Waals surface area contributed by atoms with Gasteiger partial charge >= 0.3 is 25.3 Å². The molecule has 2 aromatic carbocycles. The number of nitrogen functional groups attached to an aromatic ring is 1. The molecule has 0 bridgehead atoms. The maximum atomic E-state index is 14.9. The van der Waals surface area contributed by atoms with E-state index in [9.17, 15) is 28.0 Å². The van der Waals surface area contributed by atoms with Crippen LogP contribution in [-0.4, -0.2) is 51.4 Å². The number of ether oxygens (including phenoxy) is 2. The fourth-order valence-electron chi connectivity index (χ4n) is 3.74. The van der Waals surface area contributed by atoms with Gasteiger partial charge in [-0.15, -0.1) is 0 Å². The largest absolute Gasteiger partial charge is 0.460 e. The van der Waals surface area contributed by atoms with Gasteiger partial charge in [0.05, 0.1) is 6.61 Å². The standard InChI is InChI=1S/C25H27F2N4O8P/c1-16(22(33)36-14-17-8-4-2-5-9-17)30-40(35,39-18-10-6-3-7-11-18)37-15-19-21(32)25(26,27)23(38-19)31-13-12-20(28)29-24(31)34/h2-13,16,19,21,23,32H,14-15H2,1H3,(H,30,35)(H2,28,29,34)/t16-,19?,21?,23+,40?/m0/s1. The summed E-state index contributed by atoms with van der Waals surface area (Å²) in [6, 6.07) is 16.5. The van der Waals surface area contributed by atoms with Crippen molar-refractivity contribution in [1.29, 1.82) is 0 Å². The molecule has 1 aliphatic rings. The number of rotatable bonds is 11. The number of aromatic nitrogens is 2. The van der Waals surface area contributed by atoms with Gasteiger partial charge in [-0.1, -0.05) is 48.5 Å². The van der Waals surface area contributed by atoms with Crippen molar-refractivity contribution in [3.05, 3.63) is 89.0 Å². The first kappa shape index (κ1) is 29.3. The molecule has 1 aliphatic heterocycles. The molecule has 15 heteroatoms. The number of nitrogens with one attached hydrogen (secondary N) is 1. The summed E-state index contributed by atoms with van der Waals surface area (Å²) in [4.78, 5) is 28.1. The second-order valence-corrected chi connectivity index (χ2v) is 10.5. The Hall–Kier alpha value is -3.68. The van der Waals surface area contributed by atoms with Gasteiger partial charge in [0.1, 0.15) is 30.3 Å². The Bertz CT molecular complexity index is 1410. The number of hydrogen-bond acceptors (Lipinski definition) is 10. The van der Waals surface area contributed by atoms with Crippen molar-refractivity contribution in [2.75, 3.05) is 12.3 Å². The summed E-state index contributed by atoms with van der Waals surface area (Å²) in [5, 5.41) is 12.7. The molecule has 1 fully saturated rings. The molecule has 0 amide bonds. The van der Waals surface area contributed by atoms with E-state index in [2.05, 4.69) is 10.1 Å². The zero-order chi connectivity index (χ0) is 28.9. The Morgan fingerprint density at radius 2 is 1.85 bits per heavy atom. The van der Waals surface area contributed by atoms with Crippen LogP contribution in [0.25, 0.3) is 0 Å². The minimum atomic E-state index is -4.46. The summed E-state index contributed by atoms with van der Waals surface area (Å²) in [7, 11) is -4.46. The summed E-state index contributed by atoms with van der Waals surface area (Å²) in [5.41, 5.74) is 5.01. The topological polar surface area (TPSA) is 164 Å². The van der Waals surface area contributed by atoms with E-state index in [0.717, 1.165) is 17.8 Å². The summed E-state index contributed by atoms with van der Waals surface area (Å²) >= 11 is 0. The van der Waals surface area contributed by atoms with Gasteiger partial charge in [-0.25, -0.2) is 9.36 Å². The number of aliphatic hydroxyl groups excluding tert-OH is 1. The second kappa shape index (κ2) is 12.2. The van der Waals surface area contributed by atoms with Crippen LogP contribution in [0.3, 0.4) is 0 Å². The van der Waals surface area contributed by atoms with E-state index in [4.69, 9.17) is 24.3 Å². The second-order valence-electron chi connectivity index (χ2n) is 8.83. The molecule has 0 aliphatic carbocycles. The van der Waals surface area contributed by atoms with Crippen LogP contribution < -0.4 is 21.0 Å². The number of alkyl halides is 2. The van der Waals surface area contributed by atoms with Gasteiger partial charge in [0.15, 0.2) is 6.10 Å². The Morgan fingerprint density at radius 1 is 1.20 bits per heavy atom. The molecule has 0 saturated carbocycles. The van der Waals surface area contributed by atoms with E-state index in [1.54, 1.807) is 48.5 Å². The van der Waals surface area contributed by atoms with E-state index in [-0.39, 0.29) is 18.2 Å². The van der Waals surface area contributed by atoms with Gasteiger partial charge in [-0.2, -0.15) is 18.9 Å². The molecule has 5 atom stereocenters. The summed E-state index contributed by atoms with van der Waals surface area (Å²) < 4.78 is 65.3. The van der Waals surface area contributed by atoms with Crippen molar-refractivity contribution in [3.63, 3.8) is 0 Å². The molecule has 3 aromatic rings. The predicted octanol–water partition coefficient (Wildman–Crippen LogP) is 2.64. The number of benzene rings is 2. The van der Waals surface area contributed by atoms with E-state index in [1.165, 1.54) is 19.1 Å². The molecule has 12 nitrogen and oxygen atoms in total. The van der Waals surface area contributed by atoms with Crippen LogP contribution >= 0.6 is 7.75 Å². The highest BCUT2D eigenvalue weighted by molar-refractivity contribution is 7.52. The fourth-order valence-corrected chi connectivity index (χ4v) is 5.24. The predicted molar refractivity (Wildman–Crippen MR) is 137 cm³/mol. The number of halogens is 2. The van der Waals surface area contributed by atoms with Gasteiger partial charge in [0.25, 0.3) is 0 Å². The third-order valence-corrected chi connectivity index (χ3v) is 7.43. The van der Waals surface area contributed by atoms with Gasteiger partial charge in [0.2, 0.25) is 6.23 Å². The lowest BCUT2D eigenvalue weighted by Crippen LogP contribution is -2.42. The van der Waals surface area contributed by atoms with Gasteiger partial charge in [0, 0.05) is 6.20 Å². The molecular weight excluding hydrogens is 553 g/mol. The summed E-state index contributed by atoms with van der Waals surface area (Å²) in [5.74, 6) is -4.85. The quantitative estimate of drug-likeness (QED) is 0.226. The third-order valence-electron chi connectivity index (χ3n) is 5.79. The molecule has 4 N–H and O–H groups in total. The Balaban J connectivity index is 1.47. The average Bonchev–Trinajstić information content (AvgIpc) is 3.15. The maximum Gasteiger partial charge on any atom is 0.459 e. The number of para-hydroxylation sites is 1. The minimum Gasteiger partial charge on any atom is -0.460 e. The summed E-state index contributed by atoms with van der Waals surface area (Å²) in [6.07, 6.45) is -5.50. The molecule has 0 radical (unpaired) electrons. The first-order chi connectivity index (χ1) is 19.0. The number of aliphatic hydroxyl groups is 1. The van der Waals surface area contributed by atoms with Crippen molar-refractivity contribution in [1.82, 2.24) is 14.6 Å². The number of hydrogen-bond donors (Lipinski definition) is 3. The highest BCUT2D eigenvalue weighted by Crippen LogP contribution is 2.48. The maximum absolute atomic E-state index is 14.9. The van der Waals surface area contributed by atoms with E-state index in [1.807, 2.05) is 0 Å². The Morgan fingerprint density at radius 3 is 2.50 bits per heavy atom. The van der Waals surface area contributed by atoms with Crippen molar-refractivity contribution in [3.8, 4) is 5.75 Å². The zero-order valence-electron chi connectivity index (χ0n) is 21.1. The molecule has 40 heavy (non-hydrogen) atoms. The van der Waals surface area contributed by atoms with E-state index in [0.29, 0.717) is 4.57 Å². The number of anilines is 1. The Kier molecular flexibility index (Phi) is 8.96. The number of esters is 1. The van der Waals surface area contributed by atoms with Crippen LogP contribution in [0.4, 0.5) is 14.6 Å². The van der Waals surface area contributed by atoms with Crippen LogP contribution in [0, 0.1) is 0 Å². The van der Waals surface area contributed by atoms with Crippen LogP contribution in [0.2, 0.25) is 0 Å². The normalized spacial score (nSPS) is 22.2. The zero-order valence-corrected chi connectivity index (χ0v) is 22.0. The Labute approximate surface area is 227 Å². The highest BCUT2D eigenvalue weighted by atomic mass is 31.2. The molecule has 4 rings (SSSR count). The van der Waals surface area contributed by atoms with Crippen molar-refractivity contribution in [2.45, 2.75) is 43.9 Å². The van der Waals surface area contributed by atoms with Crippen LogP contribution in [0.1, 0.15) is 18.7 Å². The first-order valence-electron chi connectivity index (χ1n) is 12.0. The molecule has 214 valence electrons. The number of nitrogens with two attached hydrogens (primary N) is 1. The van der Waals surface area contributed by atoms with Crippen molar-refractivity contribution in [2.24, 2.45) is 0 Å². The van der Waals surface area contributed by atoms with Crippen LogP contribution in [0.5, 0.6) is 5.75 Å². The number of carbonyl (C=O) groups excluding carboxylic acids is 1. The SMILES string of the molecule is C[C@H](NP(=O)(OCC1O[C@@H](n2ccc(N)nc2=O)C(F)(F)C1O)Oc1ccccc1)C(=O)OCc1ccccc1. The lowest BCUT2D eigenvalue weighted by molar-refractivity contribution is -0.146. The van der Waals surface area contributed by atoms with Gasteiger partial charge in [-0.3, -0.25) is 13.9 Å². The van der Waals surface area contributed by atoms with Crippen molar-refractivity contribution < 1.29 is 41.8 Å². The first-order valence-corrected chi connectivity index (χ1v) is 13.6. The van der Waals surface area contributed by atoms with E-state index >= 15 is 0 Å². The third kappa shape index (κ3) is 6.90. The van der Waals surface area contributed by atoms with Crippen LogP contribution in [-0.2, 0) is 30.0 Å². The lowest BCUT2D eigenvalue weighted by Gasteiger charge is -2.24. The highest BCUT2D eigenvalue weighted by Gasteiger charge is 2.60. The molecule has 3 unspecified atom stereocenters. The molecule has 1 saturated heterocycles. The smallest absolute Gasteiger partial charge is 0.459 e. The summed E-state index contributed by atoms with van der Waals surface area (Å²) in [6.45, 7) is 0.435. The van der Waals surface area contributed by atoms with Crippen molar-refractivity contribution >= 4 is 19.5 Å². The molecular formula is C25H27F2N4O8P. The molecule has 2 heterocycles. The minimum absolute atomic E-state index is 0.0473. The molecule has 1 aromatic heterocycles. The number of nitrogens with zero attached hydrogens (tertiary/aromatic N) is 2. The number of carbonyl (C=O) groups is 1. The monoisotopic (exact) mass is 580 g/mol. The van der Waals surface area contributed by atoms with Crippen LogP contribution in [0.15, 0.2) is 77.7 Å².